The van der Waals surface area contributed by atoms with Crippen LogP contribution < -0.4 is 0 Å². The van der Waals surface area contributed by atoms with Crippen molar-refractivity contribution >= 4 is 11.6 Å². The van der Waals surface area contributed by atoms with Gasteiger partial charge in [0.25, 0.3) is 0 Å². The Morgan fingerprint density at radius 1 is 1.50 bits per heavy atom. The van der Waals surface area contributed by atoms with Crippen molar-refractivity contribution < 1.29 is 9.84 Å². The van der Waals surface area contributed by atoms with E-state index in [1.165, 1.54) is 5.56 Å². The number of rotatable bonds is 3. The first kappa shape index (κ1) is 13.8. The normalized spacial score (nSPS) is 25.3. The molecule has 1 aliphatic rings. The number of benzene rings is 1. The third-order valence-electron chi connectivity index (χ3n) is 3.46. The van der Waals surface area contributed by atoms with Gasteiger partial charge in [-0.25, -0.2) is 0 Å². The first-order valence-electron chi connectivity index (χ1n) is 6.31. The van der Waals surface area contributed by atoms with Crippen LogP contribution in [0.5, 0.6) is 0 Å². The van der Waals surface area contributed by atoms with Crippen molar-refractivity contribution in [2.24, 2.45) is 0 Å². The Morgan fingerprint density at radius 3 is 2.94 bits per heavy atom. The average molecular weight is 270 g/mol. The number of aliphatic hydroxyl groups excluding tert-OH is 1. The van der Waals surface area contributed by atoms with Crippen LogP contribution in [-0.4, -0.2) is 41.9 Å². The second-order valence-electron chi connectivity index (χ2n) is 5.00. The molecule has 1 saturated heterocycles. The van der Waals surface area contributed by atoms with Gasteiger partial charge >= 0.3 is 0 Å². The van der Waals surface area contributed by atoms with E-state index in [4.69, 9.17) is 21.4 Å². The molecule has 0 aromatic heterocycles. The lowest BCUT2D eigenvalue weighted by molar-refractivity contribution is -0.0805. The Balaban J connectivity index is 2.04. The number of halogens is 1. The minimum Gasteiger partial charge on any atom is -0.394 e. The van der Waals surface area contributed by atoms with Gasteiger partial charge in [-0.15, -0.1) is 0 Å². The highest BCUT2D eigenvalue weighted by Crippen LogP contribution is 2.20. The van der Waals surface area contributed by atoms with Gasteiger partial charge in [-0.1, -0.05) is 23.7 Å². The molecule has 0 amide bonds. The largest absolute Gasteiger partial charge is 0.394 e. The summed E-state index contributed by atoms with van der Waals surface area (Å²) in [4.78, 5) is 2.32. The van der Waals surface area contributed by atoms with E-state index < -0.39 is 0 Å². The first-order valence-corrected chi connectivity index (χ1v) is 6.69. The summed E-state index contributed by atoms with van der Waals surface area (Å²) >= 11 is 6.14. The smallest absolute Gasteiger partial charge is 0.0933 e. The van der Waals surface area contributed by atoms with Crippen LogP contribution in [0.15, 0.2) is 18.2 Å². The molecule has 0 bridgehead atoms. The summed E-state index contributed by atoms with van der Waals surface area (Å²) in [6, 6.07) is 6.55. The van der Waals surface area contributed by atoms with Crippen LogP contribution >= 0.6 is 11.6 Å². The molecule has 0 spiro atoms. The fourth-order valence-electron chi connectivity index (χ4n) is 2.18. The highest BCUT2D eigenvalue weighted by molar-refractivity contribution is 6.31. The fourth-order valence-corrected chi connectivity index (χ4v) is 2.38. The number of hydrogen-bond acceptors (Lipinski definition) is 3. The maximum absolute atomic E-state index is 9.17. The van der Waals surface area contributed by atoms with Gasteiger partial charge in [-0.05, 0) is 31.0 Å². The molecule has 0 saturated carbocycles. The van der Waals surface area contributed by atoms with Crippen molar-refractivity contribution in [2.45, 2.75) is 32.5 Å². The van der Waals surface area contributed by atoms with Crippen molar-refractivity contribution in [3.8, 4) is 0 Å². The predicted molar refractivity (Wildman–Crippen MR) is 72.9 cm³/mol. The van der Waals surface area contributed by atoms with E-state index in [0.29, 0.717) is 12.6 Å². The summed E-state index contributed by atoms with van der Waals surface area (Å²) in [5, 5.41) is 9.98. The number of ether oxygens (including phenoxy) is 1. The van der Waals surface area contributed by atoms with Gasteiger partial charge < -0.3 is 9.84 Å². The molecule has 1 N–H and O–H groups in total. The van der Waals surface area contributed by atoms with Crippen molar-refractivity contribution in [2.75, 3.05) is 19.8 Å². The Labute approximate surface area is 113 Å². The number of nitrogens with zero attached hydrogens (tertiary/aromatic N) is 1. The van der Waals surface area contributed by atoms with E-state index >= 15 is 0 Å². The van der Waals surface area contributed by atoms with Crippen LogP contribution in [0.4, 0.5) is 0 Å². The second kappa shape index (κ2) is 6.02. The monoisotopic (exact) mass is 269 g/mol. The molecule has 1 aliphatic heterocycles. The van der Waals surface area contributed by atoms with Gasteiger partial charge in [0, 0.05) is 24.2 Å². The highest BCUT2D eigenvalue weighted by Gasteiger charge is 2.25. The summed E-state index contributed by atoms with van der Waals surface area (Å²) in [7, 11) is 0. The maximum atomic E-state index is 9.17. The van der Waals surface area contributed by atoms with E-state index in [2.05, 4.69) is 17.9 Å². The zero-order chi connectivity index (χ0) is 13.1. The van der Waals surface area contributed by atoms with Crippen LogP contribution in [0, 0.1) is 6.92 Å². The molecule has 1 fully saturated rings. The SMILES string of the molecule is Cc1ccc(CN2C[C@@H](CO)OC[C@H]2C)cc1Cl. The summed E-state index contributed by atoms with van der Waals surface area (Å²) in [5.41, 5.74) is 2.31. The van der Waals surface area contributed by atoms with E-state index in [1.807, 2.05) is 19.1 Å². The van der Waals surface area contributed by atoms with Gasteiger partial charge in [0.15, 0.2) is 0 Å². The van der Waals surface area contributed by atoms with Crippen molar-refractivity contribution in [3.05, 3.63) is 34.3 Å². The molecule has 0 aliphatic carbocycles. The van der Waals surface area contributed by atoms with Crippen molar-refractivity contribution in [1.82, 2.24) is 4.90 Å². The zero-order valence-electron chi connectivity index (χ0n) is 10.9. The lowest BCUT2D eigenvalue weighted by Crippen LogP contribution is -2.48. The number of morpholine rings is 1. The van der Waals surface area contributed by atoms with Crippen molar-refractivity contribution in [1.29, 1.82) is 0 Å². The van der Waals surface area contributed by atoms with Crippen LogP contribution in [0.3, 0.4) is 0 Å². The Hall–Kier alpha value is -0.610. The minimum absolute atomic E-state index is 0.0675. The number of aryl methyl sites for hydroxylation is 1. The lowest BCUT2D eigenvalue weighted by Gasteiger charge is -2.37. The quantitative estimate of drug-likeness (QED) is 0.913. The standard InChI is InChI=1S/C14H20ClNO2/c1-10-3-4-12(5-14(10)15)6-16-7-13(8-17)18-9-11(16)2/h3-5,11,13,17H,6-9H2,1-2H3/t11-,13+/m1/s1. The lowest BCUT2D eigenvalue weighted by atomic mass is 10.1. The Kier molecular flexibility index (Phi) is 4.62. The molecule has 18 heavy (non-hydrogen) atoms. The number of hydrogen-bond donors (Lipinski definition) is 1. The van der Waals surface area contributed by atoms with Gasteiger partial charge in [0.2, 0.25) is 0 Å². The molecule has 3 nitrogen and oxygen atoms in total. The van der Waals surface area contributed by atoms with Crippen LogP contribution in [0.1, 0.15) is 18.1 Å². The molecule has 1 aromatic rings. The average Bonchev–Trinajstić information content (AvgIpc) is 2.36. The summed E-state index contributed by atoms with van der Waals surface area (Å²) in [6.07, 6.45) is -0.0675. The van der Waals surface area contributed by atoms with Crippen molar-refractivity contribution in [3.63, 3.8) is 0 Å². The molecule has 0 unspecified atom stereocenters. The molecular weight excluding hydrogens is 250 g/mol. The van der Waals surface area contributed by atoms with Gasteiger partial charge in [-0.3, -0.25) is 4.90 Å². The van der Waals surface area contributed by atoms with Crippen LogP contribution in [-0.2, 0) is 11.3 Å². The van der Waals surface area contributed by atoms with Crippen LogP contribution in [0.25, 0.3) is 0 Å². The maximum Gasteiger partial charge on any atom is 0.0933 e. The minimum atomic E-state index is -0.0675. The third kappa shape index (κ3) is 3.23. The van der Waals surface area contributed by atoms with E-state index in [0.717, 1.165) is 23.7 Å². The second-order valence-corrected chi connectivity index (χ2v) is 5.41. The predicted octanol–water partition coefficient (Wildman–Crippen LogP) is 2.23. The number of aliphatic hydroxyl groups is 1. The van der Waals surface area contributed by atoms with Gasteiger partial charge in [0.1, 0.15) is 0 Å². The molecule has 1 heterocycles. The van der Waals surface area contributed by atoms with E-state index in [9.17, 15) is 0 Å². The zero-order valence-corrected chi connectivity index (χ0v) is 11.7. The topological polar surface area (TPSA) is 32.7 Å². The van der Waals surface area contributed by atoms with Gasteiger partial charge in [-0.2, -0.15) is 0 Å². The van der Waals surface area contributed by atoms with Crippen LogP contribution in [0.2, 0.25) is 5.02 Å². The molecule has 0 radical (unpaired) electrons. The van der Waals surface area contributed by atoms with Gasteiger partial charge in [0.05, 0.1) is 19.3 Å². The molecule has 100 valence electrons. The van der Waals surface area contributed by atoms with E-state index in [-0.39, 0.29) is 12.7 Å². The summed E-state index contributed by atoms with van der Waals surface area (Å²) in [6.45, 7) is 6.52. The Bertz CT molecular complexity index is 411. The third-order valence-corrected chi connectivity index (χ3v) is 3.87. The molecule has 2 rings (SSSR count). The Morgan fingerprint density at radius 2 is 2.28 bits per heavy atom. The first-order chi connectivity index (χ1) is 8.60. The molecule has 2 atom stereocenters. The fraction of sp³-hybridized carbons (Fsp3) is 0.571. The highest BCUT2D eigenvalue weighted by atomic mass is 35.5. The van der Waals surface area contributed by atoms with E-state index in [1.54, 1.807) is 0 Å². The summed E-state index contributed by atoms with van der Waals surface area (Å²) in [5.74, 6) is 0. The molecule has 1 aromatic carbocycles. The summed E-state index contributed by atoms with van der Waals surface area (Å²) < 4.78 is 5.53. The molecule has 4 heteroatoms. The molecular formula is C14H20ClNO2.